The van der Waals surface area contributed by atoms with Crippen LogP contribution in [0.25, 0.3) is 11.0 Å². The second-order valence-electron chi connectivity index (χ2n) is 4.88. The van der Waals surface area contributed by atoms with E-state index in [1.807, 2.05) is 18.2 Å². The number of fused-ring (bicyclic) bond motifs is 1. The van der Waals surface area contributed by atoms with Crippen molar-refractivity contribution in [3.05, 3.63) is 30.1 Å². The van der Waals surface area contributed by atoms with Crippen LogP contribution in [0.2, 0.25) is 0 Å². The molecule has 0 radical (unpaired) electrons. The molecule has 0 spiro atoms. The SMILES string of the molecule is CCC(CC)(C(=O)O)C(=O)n1c(C)nc2ccccc21. The van der Waals surface area contributed by atoms with Crippen molar-refractivity contribution in [3.63, 3.8) is 0 Å². The largest absolute Gasteiger partial charge is 0.480 e. The van der Waals surface area contributed by atoms with Crippen LogP contribution in [0.1, 0.15) is 37.3 Å². The molecule has 1 aromatic heterocycles. The fraction of sp³-hybridized carbons (Fsp3) is 0.400. The van der Waals surface area contributed by atoms with Gasteiger partial charge in [0.25, 0.3) is 0 Å². The Morgan fingerprint density at radius 2 is 1.85 bits per heavy atom. The molecular formula is C15H18N2O3. The summed E-state index contributed by atoms with van der Waals surface area (Å²) in [7, 11) is 0. The van der Waals surface area contributed by atoms with Gasteiger partial charge in [0, 0.05) is 0 Å². The maximum absolute atomic E-state index is 12.8. The summed E-state index contributed by atoms with van der Waals surface area (Å²) in [6.07, 6.45) is 0.507. The number of rotatable bonds is 4. The van der Waals surface area contributed by atoms with Gasteiger partial charge in [0.15, 0.2) is 0 Å². The Morgan fingerprint density at radius 3 is 2.40 bits per heavy atom. The monoisotopic (exact) mass is 274 g/mol. The molecule has 2 aromatic rings. The molecule has 0 aliphatic rings. The van der Waals surface area contributed by atoms with Gasteiger partial charge in [0.05, 0.1) is 11.0 Å². The predicted molar refractivity (Wildman–Crippen MR) is 75.7 cm³/mol. The number of carboxylic acid groups (broad SMARTS) is 1. The highest BCUT2D eigenvalue weighted by Gasteiger charge is 2.44. The summed E-state index contributed by atoms with van der Waals surface area (Å²) in [4.78, 5) is 28.7. The third-order valence-corrected chi connectivity index (χ3v) is 3.96. The third kappa shape index (κ3) is 1.90. The van der Waals surface area contributed by atoms with Crippen LogP contribution < -0.4 is 0 Å². The highest BCUT2D eigenvalue weighted by Crippen LogP contribution is 2.31. The normalized spacial score (nSPS) is 11.8. The van der Waals surface area contributed by atoms with Crippen molar-refractivity contribution >= 4 is 22.9 Å². The second-order valence-corrected chi connectivity index (χ2v) is 4.88. The van der Waals surface area contributed by atoms with Gasteiger partial charge in [-0.05, 0) is 31.9 Å². The van der Waals surface area contributed by atoms with Crippen molar-refractivity contribution < 1.29 is 14.7 Å². The van der Waals surface area contributed by atoms with E-state index in [9.17, 15) is 14.7 Å². The van der Waals surface area contributed by atoms with Crippen LogP contribution in [0.4, 0.5) is 0 Å². The first-order valence-electron chi connectivity index (χ1n) is 6.70. The second kappa shape index (κ2) is 5.07. The van der Waals surface area contributed by atoms with Crippen LogP contribution in [0, 0.1) is 12.3 Å². The lowest BCUT2D eigenvalue weighted by atomic mass is 9.81. The van der Waals surface area contributed by atoms with Gasteiger partial charge in [-0.3, -0.25) is 14.2 Å². The minimum Gasteiger partial charge on any atom is -0.480 e. The first kappa shape index (κ1) is 14.2. The van der Waals surface area contributed by atoms with Gasteiger partial charge in [0.1, 0.15) is 11.2 Å². The summed E-state index contributed by atoms with van der Waals surface area (Å²) in [5.41, 5.74) is -0.0406. The van der Waals surface area contributed by atoms with E-state index in [0.717, 1.165) is 0 Å². The number of hydrogen-bond donors (Lipinski definition) is 1. The average Bonchev–Trinajstić information content (AvgIpc) is 2.75. The number of carboxylic acids is 1. The maximum atomic E-state index is 12.8. The van der Waals surface area contributed by atoms with Crippen molar-refractivity contribution in [2.75, 3.05) is 0 Å². The molecule has 0 unspecified atom stereocenters. The lowest BCUT2D eigenvalue weighted by Crippen LogP contribution is -2.41. The number of aromatic nitrogens is 2. The minimum absolute atomic E-state index is 0.254. The lowest BCUT2D eigenvalue weighted by molar-refractivity contribution is -0.146. The summed E-state index contributed by atoms with van der Waals surface area (Å²) in [6.45, 7) is 5.17. The minimum atomic E-state index is -1.39. The Kier molecular flexibility index (Phi) is 3.61. The van der Waals surface area contributed by atoms with Gasteiger partial charge in [-0.15, -0.1) is 0 Å². The zero-order valence-electron chi connectivity index (χ0n) is 11.9. The third-order valence-electron chi connectivity index (χ3n) is 3.96. The van der Waals surface area contributed by atoms with Crippen LogP contribution in [-0.2, 0) is 4.79 Å². The van der Waals surface area contributed by atoms with Crippen LogP contribution >= 0.6 is 0 Å². The van der Waals surface area contributed by atoms with Crippen LogP contribution in [0.5, 0.6) is 0 Å². The van der Waals surface area contributed by atoms with E-state index in [1.54, 1.807) is 26.8 Å². The zero-order valence-corrected chi connectivity index (χ0v) is 11.9. The Balaban J connectivity index is 2.67. The molecule has 0 atom stereocenters. The fourth-order valence-electron chi connectivity index (χ4n) is 2.56. The standard InChI is InChI=1S/C15H18N2O3/c1-4-15(5-2,14(19)20)13(18)17-10(3)16-11-8-6-7-9-12(11)17/h6-9H,4-5H2,1-3H3,(H,19,20). The Morgan fingerprint density at radius 1 is 1.25 bits per heavy atom. The number of aliphatic carboxylic acids is 1. The van der Waals surface area contributed by atoms with Crippen molar-refractivity contribution in [1.29, 1.82) is 0 Å². The van der Waals surface area contributed by atoms with Crippen molar-refractivity contribution in [3.8, 4) is 0 Å². The molecule has 0 saturated heterocycles. The smallest absolute Gasteiger partial charge is 0.319 e. The van der Waals surface area contributed by atoms with E-state index >= 15 is 0 Å². The number of nitrogens with zero attached hydrogens (tertiary/aromatic N) is 2. The molecule has 1 heterocycles. The van der Waals surface area contributed by atoms with Gasteiger partial charge in [-0.2, -0.15) is 0 Å². The van der Waals surface area contributed by atoms with Crippen LogP contribution in [-0.4, -0.2) is 26.5 Å². The molecule has 0 bridgehead atoms. The first-order valence-corrected chi connectivity index (χ1v) is 6.70. The summed E-state index contributed by atoms with van der Waals surface area (Å²) in [5, 5.41) is 9.50. The molecule has 0 fully saturated rings. The van der Waals surface area contributed by atoms with E-state index in [0.29, 0.717) is 16.9 Å². The van der Waals surface area contributed by atoms with E-state index < -0.39 is 17.3 Å². The predicted octanol–water partition coefficient (Wildman–Crippen LogP) is 2.88. The Bertz CT molecular complexity index is 669. The van der Waals surface area contributed by atoms with Gasteiger partial charge in [-0.25, -0.2) is 4.98 Å². The summed E-state index contributed by atoms with van der Waals surface area (Å²) >= 11 is 0. The molecule has 1 aromatic carbocycles. The number of imidazole rings is 1. The number of aryl methyl sites for hydroxylation is 1. The van der Waals surface area contributed by atoms with E-state index in [4.69, 9.17) is 0 Å². The quantitative estimate of drug-likeness (QED) is 0.870. The van der Waals surface area contributed by atoms with Gasteiger partial charge >= 0.3 is 5.97 Å². The molecule has 0 amide bonds. The van der Waals surface area contributed by atoms with E-state index in [2.05, 4.69) is 4.98 Å². The lowest BCUT2D eigenvalue weighted by Gasteiger charge is -2.25. The van der Waals surface area contributed by atoms with E-state index in [-0.39, 0.29) is 12.8 Å². The number of carbonyl (C=O) groups is 2. The molecule has 5 heteroatoms. The number of benzene rings is 1. The summed E-state index contributed by atoms with van der Waals surface area (Å²) in [5.74, 6) is -0.977. The van der Waals surface area contributed by atoms with Gasteiger partial charge < -0.3 is 5.11 Å². The molecule has 0 aliphatic carbocycles. The molecule has 106 valence electrons. The molecule has 5 nitrogen and oxygen atoms in total. The van der Waals surface area contributed by atoms with Gasteiger partial charge in [-0.1, -0.05) is 26.0 Å². The fourth-order valence-corrected chi connectivity index (χ4v) is 2.56. The Hall–Kier alpha value is -2.17. The molecule has 20 heavy (non-hydrogen) atoms. The number of carbonyl (C=O) groups excluding carboxylic acids is 1. The van der Waals surface area contributed by atoms with Crippen LogP contribution in [0.15, 0.2) is 24.3 Å². The average molecular weight is 274 g/mol. The number of para-hydroxylation sites is 2. The van der Waals surface area contributed by atoms with E-state index in [1.165, 1.54) is 4.57 Å². The highest BCUT2D eigenvalue weighted by atomic mass is 16.4. The highest BCUT2D eigenvalue weighted by molar-refractivity contribution is 6.06. The van der Waals surface area contributed by atoms with Crippen molar-refractivity contribution in [2.24, 2.45) is 5.41 Å². The van der Waals surface area contributed by atoms with Crippen LogP contribution in [0.3, 0.4) is 0 Å². The maximum Gasteiger partial charge on any atom is 0.319 e. The van der Waals surface area contributed by atoms with Gasteiger partial charge in [0.2, 0.25) is 5.91 Å². The molecule has 2 rings (SSSR count). The van der Waals surface area contributed by atoms with Crippen molar-refractivity contribution in [1.82, 2.24) is 9.55 Å². The molecule has 0 saturated carbocycles. The number of hydrogen-bond acceptors (Lipinski definition) is 3. The zero-order chi connectivity index (χ0) is 14.9. The molecule has 0 aliphatic heterocycles. The van der Waals surface area contributed by atoms with Crippen molar-refractivity contribution in [2.45, 2.75) is 33.6 Å². The first-order chi connectivity index (χ1) is 9.47. The summed E-state index contributed by atoms with van der Waals surface area (Å²) in [6, 6.07) is 7.25. The molecule has 1 N–H and O–H groups in total. The summed E-state index contributed by atoms with van der Waals surface area (Å²) < 4.78 is 1.43. The Labute approximate surface area is 117 Å². The molecular weight excluding hydrogens is 256 g/mol. The topological polar surface area (TPSA) is 72.2 Å².